The Morgan fingerprint density at radius 2 is 2.05 bits per heavy atom. The van der Waals surface area contributed by atoms with Crippen molar-refractivity contribution in [3.63, 3.8) is 0 Å². The summed E-state index contributed by atoms with van der Waals surface area (Å²) in [6, 6.07) is 7.97. The number of fused-ring (bicyclic) bond motifs is 1. The van der Waals surface area contributed by atoms with E-state index in [-0.39, 0.29) is 5.92 Å². The molecule has 0 amide bonds. The van der Waals surface area contributed by atoms with E-state index in [2.05, 4.69) is 34.1 Å². The third-order valence-corrected chi connectivity index (χ3v) is 3.21. The standard InChI is InChI=1S/C15H17N5/c1-10(2)15-18-11(9-13(16-3)19-15)12-5-4-6-14-17-7-8-20(12)14/h4-10H,1-3H3,(H,16,18,19). The third-order valence-electron chi connectivity index (χ3n) is 3.21. The first-order valence-corrected chi connectivity index (χ1v) is 6.68. The highest BCUT2D eigenvalue weighted by Crippen LogP contribution is 2.23. The zero-order valence-corrected chi connectivity index (χ0v) is 11.8. The Morgan fingerprint density at radius 3 is 2.80 bits per heavy atom. The number of imidazole rings is 1. The summed E-state index contributed by atoms with van der Waals surface area (Å²) in [6.45, 7) is 4.19. The van der Waals surface area contributed by atoms with Crippen LogP contribution in [0.4, 0.5) is 5.82 Å². The Bertz CT molecular complexity index is 745. The first kappa shape index (κ1) is 12.6. The second kappa shape index (κ2) is 4.92. The van der Waals surface area contributed by atoms with Crippen molar-refractivity contribution in [2.75, 3.05) is 12.4 Å². The molecular weight excluding hydrogens is 250 g/mol. The SMILES string of the molecule is CNc1cc(-c2cccc3nccn23)nc(C(C)C)n1. The predicted molar refractivity (Wildman–Crippen MR) is 79.9 cm³/mol. The molecule has 0 aliphatic heterocycles. The van der Waals surface area contributed by atoms with Crippen molar-refractivity contribution in [1.82, 2.24) is 19.4 Å². The lowest BCUT2D eigenvalue weighted by Gasteiger charge is -2.11. The molecule has 0 saturated carbocycles. The molecule has 0 saturated heterocycles. The summed E-state index contributed by atoms with van der Waals surface area (Å²) < 4.78 is 2.03. The summed E-state index contributed by atoms with van der Waals surface area (Å²) >= 11 is 0. The fraction of sp³-hybridized carbons (Fsp3) is 0.267. The molecule has 3 aromatic rings. The number of nitrogens with zero attached hydrogens (tertiary/aromatic N) is 4. The molecule has 0 aliphatic rings. The molecule has 20 heavy (non-hydrogen) atoms. The van der Waals surface area contributed by atoms with Crippen molar-refractivity contribution in [2.24, 2.45) is 0 Å². The minimum atomic E-state index is 0.282. The number of anilines is 1. The highest BCUT2D eigenvalue weighted by Gasteiger charge is 2.11. The van der Waals surface area contributed by atoms with E-state index >= 15 is 0 Å². The quantitative estimate of drug-likeness (QED) is 0.792. The van der Waals surface area contributed by atoms with Gasteiger partial charge in [0.2, 0.25) is 0 Å². The summed E-state index contributed by atoms with van der Waals surface area (Å²) in [4.78, 5) is 13.5. The molecule has 0 fully saturated rings. The molecule has 3 rings (SSSR count). The van der Waals surface area contributed by atoms with E-state index < -0.39 is 0 Å². The number of rotatable bonds is 3. The maximum atomic E-state index is 4.68. The van der Waals surface area contributed by atoms with Crippen LogP contribution in [-0.2, 0) is 0 Å². The maximum Gasteiger partial charge on any atom is 0.137 e. The van der Waals surface area contributed by atoms with Crippen molar-refractivity contribution in [2.45, 2.75) is 19.8 Å². The van der Waals surface area contributed by atoms with Gasteiger partial charge in [0.05, 0.1) is 11.4 Å². The monoisotopic (exact) mass is 267 g/mol. The van der Waals surface area contributed by atoms with Crippen molar-refractivity contribution in [3.05, 3.63) is 42.5 Å². The van der Waals surface area contributed by atoms with Gasteiger partial charge in [-0.3, -0.25) is 4.40 Å². The lowest BCUT2D eigenvalue weighted by Crippen LogP contribution is -2.04. The van der Waals surface area contributed by atoms with Gasteiger partial charge in [0.25, 0.3) is 0 Å². The lowest BCUT2D eigenvalue weighted by molar-refractivity contribution is 0.776. The molecule has 0 radical (unpaired) electrons. The molecular formula is C15H17N5. The average Bonchev–Trinajstić information content (AvgIpc) is 2.94. The van der Waals surface area contributed by atoms with E-state index in [1.165, 1.54) is 0 Å². The molecule has 0 aromatic carbocycles. The summed E-state index contributed by atoms with van der Waals surface area (Å²) in [6.07, 6.45) is 3.74. The Balaban J connectivity index is 2.23. The van der Waals surface area contributed by atoms with Gasteiger partial charge in [-0.15, -0.1) is 0 Å². The van der Waals surface area contributed by atoms with E-state index in [1.54, 1.807) is 6.20 Å². The van der Waals surface area contributed by atoms with E-state index in [0.29, 0.717) is 0 Å². The van der Waals surface area contributed by atoms with Crippen LogP contribution in [0.15, 0.2) is 36.7 Å². The number of nitrogens with one attached hydrogen (secondary N) is 1. The van der Waals surface area contributed by atoms with Crippen LogP contribution in [0.2, 0.25) is 0 Å². The van der Waals surface area contributed by atoms with Crippen molar-refractivity contribution in [3.8, 4) is 11.4 Å². The number of pyridine rings is 1. The minimum absolute atomic E-state index is 0.282. The number of hydrogen-bond donors (Lipinski definition) is 1. The Morgan fingerprint density at radius 1 is 1.20 bits per heavy atom. The first-order chi connectivity index (χ1) is 9.69. The van der Waals surface area contributed by atoms with Crippen molar-refractivity contribution >= 4 is 11.5 Å². The van der Waals surface area contributed by atoms with E-state index in [0.717, 1.165) is 28.7 Å². The second-order valence-electron chi connectivity index (χ2n) is 4.97. The smallest absolute Gasteiger partial charge is 0.137 e. The summed E-state index contributed by atoms with van der Waals surface area (Å²) in [5.74, 6) is 1.95. The zero-order chi connectivity index (χ0) is 14.1. The van der Waals surface area contributed by atoms with Gasteiger partial charge in [0.15, 0.2) is 0 Å². The van der Waals surface area contributed by atoms with Crippen LogP contribution in [0, 0.1) is 0 Å². The van der Waals surface area contributed by atoms with Gasteiger partial charge in [0, 0.05) is 31.4 Å². The van der Waals surface area contributed by atoms with Gasteiger partial charge in [-0.2, -0.15) is 0 Å². The molecule has 102 valence electrons. The molecule has 0 bridgehead atoms. The largest absolute Gasteiger partial charge is 0.373 e. The van der Waals surface area contributed by atoms with E-state index in [4.69, 9.17) is 0 Å². The molecule has 0 spiro atoms. The highest BCUT2D eigenvalue weighted by molar-refractivity contribution is 5.62. The van der Waals surface area contributed by atoms with Gasteiger partial charge in [-0.1, -0.05) is 19.9 Å². The Kier molecular flexibility index (Phi) is 3.10. The lowest BCUT2D eigenvalue weighted by atomic mass is 10.2. The molecule has 3 aromatic heterocycles. The first-order valence-electron chi connectivity index (χ1n) is 6.68. The summed E-state index contributed by atoms with van der Waals surface area (Å²) in [7, 11) is 1.87. The molecule has 5 nitrogen and oxygen atoms in total. The van der Waals surface area contributed by atoms with Gasteiger partial charge in [-0.25, -0.2) is 15.0 Å². The van der Waals surface area contributed by atoms with Crippen LogP contribution in [-0.4, -0.2) is 26.4 Å². The van der Waals surface area contributed by atoms with Crippen molar-refractivity contribution in [1.29, 1.82) is 0 Å². The van der Waals surface area contributed by atoms with Gasteiger partial charge >= 0.3 is 0 Å². The van der Waals surface area contributed by atoms with Crippen LogP contribution in [0.5, 0.6) is 0 Å². The molecule has 0 atom stereocenters. The van der Waals surface area contributed by atoms with Gasteiger partial charge in [-0.05, 0) is 12.1 Å². The average molecular weight is 267 g/mol. The normalized spacial score (nSPS) is 11.2. The molecule has 5 heteroatoms. The van der Waals surface area contributed by atoms with Crippen LogP contribution >= 0.6 is 0 Å². The highest BCUT2D eigenvalue weighted by atomic mass is 15.0. The molecule has 0 unspecified atom stereocenters. The van der Waals surface area contributed by atoms with Gasteiger partial charge in [0.1, 0.15) is 17.3 Å². The predicted octanol–water partition coefficient (Wildman–Crippen LogP) is 2.96. The number of hydrogen-bond acceptors (Lipinski definition) is 4. The second-order valence-corrected chi connectivity index (χ2v) is 4.97. The minimum Gasteiger partial charge on any atom is -0.373 e. The Labute approximate surface area is 117 Å². The zero-order valence-electron chi connectivity index (χ0n) is 11.8. The fourth-order valence-corrected chi connectivity index (χ4v) is 2.14. The van der Waals surface area contributed by atoms with Crippen LogP contribution in [0.3, 0.4) is 0 Å². The summed E-state index contributed by atoms with van der Waals surface area (Å²) in [5.41, 5.74) is 2.83. The van der Waals surface area contributed by atoms with Crippen LogP contribution in [0.25, 0.3) is 17.0 Å². The molecule has 3 heterocycles. The van der Waals surface area contributed by atoms with Gasteiger partial charge < -0.3 is 5.32 Å². The fourth-order valence-electron chi connectivity index (χ4n) is 2.14. The molecule has 1 N–H and O–H groups in total. The molecule has 0 aliphatic carbocycles. The van der Waals surface area contributed by atoms with Crippen LogP contribution in [0.1, 0.15) is 25.6 Å². The maximum absolute atomic E-state index is 4.68. The number of aromatic nitrogens is 4. The van der Waals surface area contributed by atoms with E-state index in [9.17, 15) is 0 Å². The van der Waals surface area contributed by atoms with Crippen LogP contribution < -0.4 is 5.32 Å². The Hall–Kier alpha value is -2.43. The van der Waals surface area contributed by atoms with Crippen molar-refractivity contribution < 1.29 is 0 Å². The third kappa shape index (κ3) is 2.11. The summed E-state index contributed by atoms with van der Waals surface area (Å²) in [5, 5.41) is 3.10. The topological polar surface area (TPSA) is 55.1 Å². The van der Waals surface area contributed by atoms with E-state index in [1.807, 2.05) is 41.9 Å².